The zero-order valence-electron chi connectivity index (χ0n) is 6.88. The zero-order chi connectivity index (χ0) is 9.68. The first-order valence-electron chi connectivity index (χ1n) is 3.71. The lowest BCUT2D eigenvalue weighted by atomic mass is 10.1. The van der Waals surface area contributed by atoms with Crippen molar-refractivity contribution in [2.24, 2.45) is 5.73 Å². The van der Waals surface area contributed by atoms with Gasteiger partial charge in [0, 0.05) is 11.1 Å². The third kappa shape index (κ3) is 2.59. The minimum Gasteiger partial charge on any atom is -0.320 e. The number of rotatable bonds is 1. The molecule has 1 aromatic rings. The van der Waals surface area contributed by atoms with Crippen LogP contribution >= 0.6 is 11.6 Å². The summed E-state index contributed by atoms with van der Waals surface area (Å²) in [7, 11) is 0. The Balaban J connectivity index is 3.06. The molecule has 0 amide bonds. The lowest BCUT2D eigenvalue weighted by Gasteiger charge is -1.95. The van der Waals surface area contributed by atoms with Gasteiger partial charge in [0.1, 0.15) is 0 Å². The van der Waals surface area contributed by atoms with E-state index in [9.17, 15) is 4.79 Å². The second-order valence-electron chi connectivity index (χ2n) is 2.36. The van der Waals surface area contributed by atoms with Crippen LogP contribution in [0.2, 0.25) is 5.02 Å². The van der Waals surface area contributed by atoms with E-state index in [0.29, 0.717) is 23.4 Å². The molecule has 0 aliphatic carbocycles. The molecule has 0 heterocycles. The molecule has 0 unspecified atom stereocenters. The number of hydrogen-bond acceptors (Lipinski definition) is 2. The summed E-state index contributed by atoms with van der Waals surface area (Å²) >= 11 is 5.73. The van der Waals surface area contributed by atoms with Gasteiger partial charge in [0.15, 0.2) is 6.29 Å². The molecule has 0 atom stereocenters. The second kappa shape index (κ2) is 4.66. The van der Waals surface area contributed by atoms with Crippen LogP contribution in [0.1, 0.15) is 15.9 Å². The Morgan fingerprint density at radius 1 is 1.54 bits per heavy atom. The Bertz CT molecular complexity index is 376. The van der Waals surface area contributed by atoms with Crippen LogP contribution in [0.5, 0.6) is 0 Å². The average molecular weight is 194 g/mol. The van der Waals surface area contributed by atoms with E-state index in [2.05, 4.69) is 11.8 Å². The van der Waals surface area contributed by atoms with Gasteiger partial charge in [0.05, 0.1) is 11.6 Å². The highest BCUT2D eigenvalue weighted by molar-refractivity contribution is 6.32. The number of benzene rings is 1. The van der Waals surface area contributed by atoms with Gasteiger partial charge in [-0.1, -0.05) is 23.4 Å². The van der Waals surface area contributed by atoms with E-state index in [1.54, 1.807) is 18.2 Å². The van der Waals surface area contributed by atoms with Crippen LogP contribution in [-0.4, -0.2) is 12.8 Å². The van der Waals surface area contributed by atoms with Gasteiger partial charge in [-0.25, -0.2) is 0 Å². The van der Waals surface area contributed by atoms with Crippen molar-refractivity contribution in [2.75, 3.05) is 6.54 Å². The van der Waals surface area contributed by atoms with E-state index in [1.807, 2.05) is 0 Å². The second-order valence-corrected chi connectivity index (χ2v) is 2.77. The van der Waals surface area contributed by atoms with Crippen LogP contribution in [0.3, 0.4) is 0 Å². The van der Waals surface area contributed by atoms with Gasteiger partial charge in [0.2, 0.25) is 0 Å². The fraction of sp³-hybridized carbons (Fsp3) is 0.100. The smallest absolute Gasteiger partial charge is 0.151 e. The maximum absolute atomic E-state index is 10.5. The molecule has 2 N–H and O–H groups in total. The summed E-state index contributed by atoms with van der Waals surface area (Å²) in [5.74, 6) is 5.51. The van der Waals surface area contributed by atoms with Crippen LogP contribution in [0, 0.1) is 11.8 Å². The normalized spacial score (nSPS) is 8.77. The molecule has 0 radical (unpaired) electrons. The maximum atomic E-state index is 10.5. The predicted octanol–water partition coefficient (Wildman–Crippen LogP) is 1.46. The lowest BCUT2D eigenvalue weighted by Crippen LogP contribution is -1.93. The van der Waals surface area contributed by atoms with Crippen molar-refractivity contribution < 1.29 is 4.79 Å². The average Bonchev–Trinajstić information content (AvgIpc) is 2.16. The van der Waals surface area contributed by atoms with Crippen LogP contribution in [0.15, 0.2) is 18.2 Å². The van der Waals surface area contributed by atoms with Crippen LogP contribution in [0.4, 0.5) is 0 Å². The van der Waals surface area contributed by atoms with Crippen molar-refractivity contribution in [2.45, 2.75) is 0 Å². The van der Waals surface area contributed by atoms with Gasteiger partial charge in [0.25, 0.3) is 0 Å². The van der Waals surface area contributed by atoms with E-state index in [-0.39, 0.29) is 0 Å². The molecule has 13 heavy (non-hydrogen) atoms. The largest absolute Gasteiger partial charge is 0.320 e. The SMILES string of the molecule is NCC#Cc1ccc(Cl)c(C=O)c1. The maximum Gasteiger partial charge on any atom is 0.151 e. The topological polar surface area (TPSA) is 43.1 Å². The number of carbonyl (C=O) groups is 1. The molecule has 0 saturated heterocycles. The predicted molar refractivity (Wildman–Crippen MR) is 52.8 cm³/mol. The molecular weight excluding hydrogens is 186 g/mol. The third-order valence-corrected chi connectivity index (χ3v) is 1.80. The van der Waals surface area contributed by atoms with E-state index < -0.39 is 0 Å². The third-order valence-electron chi connectivity index (χ3n) is 1.46. The molecule has 2 nitrogen and oxygen atoms in total. The minimum absolute atomic E-state index is 0.305. The van der Waals surface area contributed by atoms with E-state index in [0.717, 1.165) is 5.56 Å². The fourth-order valence-corrected chi connectivity index (χ4v) is 1.03. The molecule has 0 saturated carbocycles. The summed E-state index contributed by atoms with van der Waals surface area (Å²) < 4.78 is 0. The summed E-state index contributed by atoms with van der Waals surface area (Å²) in [5.41, 5.74) is 6.40. The van der Waals surface area contributed by atoms with E-state index in [1.165, 1.54) is 0 Å². The number of nitrogens with two attached hydrogens (primary N) is 1. The Morgan fingerprint density at radius 2 is 2.31 bits per heavy atom. The first-order valence-corrected chi connectivity index (χ1v) is 4.09. The lowest BCUT2D eigenvalue weighted by molar-refractivity contribution is 0.112. The monoisotopic (exact) mass is 193 g/mol. The Kier molecular flexibility index (Phi) is 3.51. The van der Waals surface area contributed by atoms with Crippen LogP contribution < -0.4 is 5.73 Å². The van der Waals surface area contributed by atoms with Crippen molar-refractivity contribution in [1.82, 2.24) is 0 Å². The molecule has 0 aliphatic heterocycles. The molecule has 3 heteroatoms. The number of halogens is 1. The summed E-state index contributed by atoms with van der Waals surface area (Å²) in [6.07, 6.45) is 0.704. The van der Waals surface area contributed by atoms with Gasteiger partial charge in [-0.05, 0) is 18.2 Å². The Hall–Kier alpha value is -1.30. The first kappa shape index (κ1) is 9.79. The zero-order valence-corrected chi connectivity index (χ0v) is 7.64. The molecule has 0 fully saturated rings. The molecule has 0 aliphatic rings. The first-order chi connectivity index (χ1) is 6.27. The summed E-state index contributed by atoms with van der Waals surface area (Å²) in [6, 6.07) is 5.03. The van der Waals surface area contributed by atoms with Crippen molar-refractivity contribution in [3.8, 4) is 11.8 Å². The highest BCUT2D eigenvalue weighted by atomic mass is 35.5. The number of aldehydes is 1. The minimum atomic E-state index is 0.305. The van der Waals surface area contributed by atoms with Gasteiger partial charge in [-0.3, -0.25) is 4.79 Å². The van der Waals surface area contributed by atoms with Crippen LogP contribution in [0.25, 0.3) is 0 Å². The standard InChI is InChI=1S/C10H8ClNO/c11-10-4-3-8(2-1-5-12)6-9(10)7-13/h3-4,6-7H,5,12H2. The van der Waals surface area contributed by atoms with Crippen molar-refractivity contribution >= 4 is 17.9 Å². The molecule has 66 valence electrons. The van der Waals surface area contributed by atoms with Gasteiger partial charge < -0.3 is 5.73 Å². The highest BCUT2D eigenvalue weighted by Gasteiger charge is 1.98. The molecule has 1 aromatic carbocycles. The van der Waals surface area contributed by atoms with Crippen molar-refractivity contribution in [3.05, 3.63) is 34.3 Å². The summed E-state index contributed by atoms with van der Waals surface area (Å²) in [5, 5.41) is 0.438. The number of carbonyl (C=O) groups excluding carboxylic acids is 1. The summed E-state index contributed by atoms with van der Waals surface area (Å²) in [6.45, 7) is 0.305. The van der Waals surface area contributed by atoms with E-state index >= 15 is 0 Å². The Morgan fingerprint density at radius 3 is 2.92 bits per heavy atom. The molecule has 0 bridgehead atoms. The fourth-order valence-electron chi connectivity index (χ4n) is 0.865. The number of hydrogen-bond donors (Lipinski definition) is 1. The highest BCUT2D eigenvalue weighted by Crippen LogP contribution is 2.14. The van der Waals surface area contributed by atoms with Crippen molar-refractivity contribution in [1.29, 1.82) is 0 Å². The Labute approximate surface area is 81.7 Å². The van der Waals surface area contributed by atoms with E-state index in [4.69, 9.17) is 17.3 Å². The molecule has 0 aromatic heterocycles. The summed E-state index contributed by atoms with van der Waals surface area (Å²) in [4.78, 5) is 10.5. The molecular formula is C10H8ClNO. The van der Waals surface area contributed by atoms with Gasteiger partial charge >= 0.3 is 0 Å². The van der Waals surface area contributed by atoms with Crippen molar-refractivity contribution in [3.63, 3.8) is 0 Å². The quantitative estimate of drug-likeness (QED) is 0.542. The van der Waals surface area contributed by atoms with Crippen LogP contribution in [-0.2, 0) is 0 Å². The van der Waals surface area contributed by atoms with Gasteiger partial charge in [-0.15, -0.1) is 0 Å². The molecule has 1 rings (SSSR count). The van der Waals surface area contributed by atoms with Gasteiger partial charge in [-0.2, -0.15) is 0 Å². The molecule has 0 spiro atoms.